The van der Waals surface area contributed by atoms with Gasteiger partial charge in [0, 0.05) is 35.9 Å². The molecule has 2 aromatic rings. The van der Waals surface area contributed by atoms with E-state index >= 15 is 0 Å². The molecule has 1 aromatic carbocycles. The minimum absolute atomic E-state index is 0.0982. The largest absolute Gasteiger partial charge is 0.300 e. The van der Waals surface area contributed by atoms with Gasteiger partial charge in [-0.25, -0.2) is 0 Å². The van der Waals surface area contributed by atoms with E-state index in [1.807, 2.05) is 37.3 Å². The number of pyridine rings is 1. The zero-order valence-corrected chi connectivity index (χ0v) is 17.6. The maximum absolute atomic E-state index is 12.8. The lowest BCUT2D eigenvalue weighted by atomic mass is 9.64. The molecule has 0 saturated heterocycles. The van der Waals surface area contributed by atoms with Crippen molar-refractivity contribution in [2.24, 2.45) is 23.7 Å². The SMILES string of the molecule is CC(CCC(=O)CC1CCCC2CCCCC21)C(=O)c1cnc2ccccc2c1. The van der Waals surface area contributed by atoms with E-state index in [4.69, 9.17) is 0 Å². The Morgan fingerprint density at radius 1 is 1.07 bits per heavy atom. The number of rotatable bonds is 7. The highest BCUT2D eigenvalue weighted by Crippen LogP contribution is 2.45. The molecule has 3 heteroatoms. The predicted molar refractivity (Wildman–Crippen MR) is 117 cm³/mol. The molecule has 0 radical (unpaired) electrons. The number of benzene rings is 1. The number of nitrogens with zero attached hydrogens (tertiary/aromatic N) is 1. The van der Waals surface area contributed by atoms with Crippen molar-refractivity contribution in [1.82, 2.24) is 4.98 Å². The van der Waals surface area contributed by atoms with Crippen molar-refractivity contribution in [3.8, 4) is 0 Å². The number of hydrogen-bond acceptors (Lipinski definition) is 3. The van der Waals surface area contributed by atoms with Gasteiger partial charge in [0.2, 0.25) is 0 Å². The molecule has 29 heavy (non-hydrogen) atoms. The van der Waals surface area contributed by atoms with Gasteiger partial charge >= 0.3 is 0 Å². The Hall–Kier alpha value is -2.03. The van der Waals surface area contributed by atoms with Crippen LogP contribution in [0.1, 0.15) is 81.5 Å². The Morgan fingerprint density at radius 3 is 2.76 bits per heavy atom. The van der Waals surface area contributed by atoms with Crippen LogP contribution in [0.3, 0.4) is 0 Å². The van der Waals surface area contributed by atoms with Crippen LogP contribution in [-0.4, -0.2) is 16.6 Å². The summed E-state index contributed by atoms with van der Waals surface area (Å²) in [4.78, 5) is 29.9. The Balaban J connectivity index is 1.30. The molecule has 4 unspecified atom stereocenters. The van der Waals surface area contributed by atoms with Crippen molar-refractivity contribution in [3.63, 3.8) is 0 Å². The summed E-state index contributed by atoms with van der Waals surface area (Å²) in [5, 5.41) is 0.987. The number of para-hydroxylation sites is 1. The van der Waals surface area contributed by atoms with E-state index in [2.05, 4.69) is 4.98 Å². The number of carbonyl (C=O) groups is 2. The molecule has 0 aliphatic heterocycles. The second kappa shape index (κ2) is 9.19. The fourth-order valence-corrected chi connectivity index (χ4v) is 5.72. The van der Waals surface area contributed by atoms with E-state index in [0.717, 1.165) is 29.2 Å². The van der Waals surface area contributed by atoms with E-state index in [-0.39, 0.29) is 11.7 Å². The van der Waals surface area contributed by atoms with Crippen molar-refractivity contribution in [3.05, 3.63) is 42.1 Å². The van der Waals surface area contributed by atoms with Gasteiger partial charge in [-0.1, -0.05) is 57.2 Å². The quantitative estimate of drug-likeness (QED) is 0.513. The van der Waals surface area contributed by atoms with E-state index in [1.54, 1.807) is 6.20 Å². The smallest absolute Gasteiger partial charge is 0.167 e. The molecule has 0 spiro atoms. The minimum atomic E-state index is -0.143. The van der Waals surface area contributed by atoms with Crippen LogP contribution in [0.15, 0.2) is 36.5 Å². The average Bonchev–Trinajstić information content (AvgIpc) is 2.77. The van der Waals surface area contributed by atoms with Gasteiger partial charge < -0.3 is 0 Å². The van der Waals surface area contributed by atoms with Crippen LogP contribution < -0.4 is 0 Å². The lowest BCUT2D eigenvalue weighted by Crippen LogP contribution is -2.32. The monoisotopic (exact) mass is 391 g/mol. The van der Waals surface area contributed by atoms with Crippen LogP contribution in [-0.2, 0) is 4.79 Å². The molecule has 2 aliphatic rings. The first-order chi connectivity index (χ1) is 14.1. The normalized spacial score (nSPS) is 25.3. The van der Waals surface area contributed by atoms with Gasteiger partial charge in [0.1, 0.15) is 5.78 Å². The van der Waals surface area contributed by atoms with Crippen molar-refractivity contribution < 1.29 is 9.59 Å². The van der Waals surface area contributed by atoms with Gasteiger partial charge in [0.25, 0.3) is 0 Å². The molecule has 4 rings (SSSR count). The summed E-state index contributed by atoms with van der Waals surface area (Å²) in [6.07, 6.45) is 12.9. The molecule has 4 atom stereocenters. The number of carbonyl (C=O) groups excluding carboxylic acids is 2. The molecule has 1 heterocycles. The molecule has 2 aliphatic carbocycles. The topological polar surface area (TPSA) is 47.0 Å². The molecule has 1 aromatic heterocycles. The third kappa shape index (κ3) is 4.76. The zero-order valence-electron chi connectivity index (χ0n) is 17.6. The van der Waals surface area contributed by atoms with Crippen LogP contribution >= 0.6 is 0 Å². The molecular formula is C26H33NO2. The van der Waals surface area contributed by atoms with E-state index in [0.29, 0.717) is 30.1 Å². The first kappa shape index (κ1) is 20.3. The summed E-state index contributed by atoms with van der Waals surface area (Å²) >= 11 is 0. The maximum atomic E-state index is 12.8. The van der Waals surface area contributed by atoms with E-state index < -0.39 is 0 Å². The minimum Gasteiger partial charge on any atom is -0.300 e. The van der Waals surface area contributed by atoms with Gasteiger partial charge in [0.15, 0.2) is 5.78 Å². The highest BCUT2D eigenvalue weighted by atomic mass is 16.1. The van der Waals surface area contributed by atoms with Gasteiger partial charge in [-0.05, 0) is 49.1 Å². The average molecular weight is 392 g/mol. The van der Waals surface area contributed by atoms with Crippen LogP contribution in [0.25, 0.3) is 10.9 Å². The Kier molecular flexibility index (Phi) is 6.42. The fourth-order valence-electron chi connectivity index (χ4n) is 5.72. The molecule has 3 nitrogen and oxygen atoms in total. The van der Waals surface area contributed by atoms with E-state index in [1.165, 1.54) is 44.9 Å². The standard InChI is InChI=1S/C26H33NO2/c1-18(26(29)22-15-21-8-3-5-12-25(21)27-17-22)13-14-23(28)16-20-10-6-9-19-7-2-4-11-24(19)20/h3,5,8,12,15,17-20,24H,2,4,6-7,9-11,13-14,16H2,1H3. The summed E-state index contributed by atoms with van der Waals surface area (Å²) in [5.41, 5.74) is 1.56. The fraction of sp³-hybridized carbons (Fsp3) is 0.577. The summed E-state index contributed by atoms with van der Waals surface area (Å²) in [6.45, 7) is 1.95. The zero-order chi connectivity index (χ0) is 20.2. The Morgan fingerprint density at radius 2 is 1.86 bits per heavy atom. The second-order valence-corrected chi connectivity index (χ2v) is 9.36. The molecule has 0 amide bonds. The van der Waals surface area contributed by atoms with Crippen LogP contribution in [0, 0.1) is 23.7 Å². The second-order valence-electron chi connectivity index (χ2n) is 9.36. The van der Waals surface area contributed by atoms with Crippen LogP contribution in [0.4, 0.5) is 0 Å². The summed E-state index contributed by atoms with van der Waals surface area (Å²) < 4.78 is 0. The summed E-state index contributed by atoms with van der Waals surface area (Å²) in [7, 11) is 0. The number of ketones is 2. The molecule has 154 valence electrons. The summed E-state index contributed by atoms with van der Waals surface area (Å²) in [6, 6.07) is 9.77. The van der Waals surface area contributed by atoms with Crippen molar-refractivity contribution in [1.29, 1.82) is 0 Å². The number of hydrogen-bond donors (Lipinski definition) is 0. The highest BCUT2D eigenvalue weighted by Gasteiger charge is 2.35. The van der Waals surface area contributed by atoms with Crippen molar-refractivity contribution >= 4 is 22.5 Å². The molecule has 2 saturated carbocycles. The third-order valence-corrected chi connectivity index (χ3v) is 7.39. The maximum Gasteiger partial charge on any atom is 0.167 e. The van der Waals surface area contributed by atoms with E-state index in [9.17, 15) is 9.59 Å². The number of Topliss-reactive ketones (excluding diaryl/α,β-unsaturated/α-hetero) is 2. The predicted octanol–water partition coefficient (Wildman–Crippen LogP) is 6.40. The summed E-state index contributed by atoms with van der Waals surface area (Å²) in [5.74, 6) is 2.56. The molecular weight excluding hydrogens is 358 g/mol. The highest BCUT2D eigenvalue weighted by molar-refractivity contribution is 6.00. The lowest BCUT2D eigenvalue weighted by Gasteiger charge is -2.41. The van der Waals surface area contributed by atoms with Crippen molar-refractivity contribution in [2.75, 3.05) is 0 Å². The molecule has 0 bridgehead atoms. The number of fused-ring (bicyclic) bond motifs is 2. The van der Waals surface area contributed by atoms with Gasteiger partial charge in [0.05, 0.1) is 5.52 Å². The van der Waals surface area contributed by atoms with Gasteiger partial charge in [-0.2, -0.15) is 0 Å². The van der Waals surface area contributed by atoms with Crippen LogP contribution in [0.2, 0.25) is 0 Å². The first-order valence-corrected chi connectivity index (χ1v) is 11.5. The first-order valence-electron chi connectivity index (χ1n) is 11.5. The Labute approximate surface area is 174 Å². The van der Waals surface area contributed by atoms with Gasteiger partial charge in [-0.3, -0.25) is 14.6 Å². The van der Waals surface area contributed by atoms with Gasteiger partial charge in [-0.15, -0.1) is 0 Å². The molecule has 2 fully saturated rings. The third-order valence-electron chi connectivity index (χ3n) is 7.39. The Bertz CT molecular complexity index is 872. The number of aromatic nitrogens is 1. The molecule has 0 N–H and O–H groups in total. The van der Waals surface area contributed by atoms with Crippen molar-refractivity contribution in [2.45, 2.75) is 71.1 Å². The lowest BCUT2D eigenvalue weighted by molar-refractivity contribution is -0.121. The van der Waals surface area contributed by atoms with Crippen LogP contribution in [0.5, 0.6) is 0 Å².